The van der Waals surface area contributed by atoms with E-state index in [-0.39, 0.29) is 6.54 Å². The van der Waals surface area contributed by atoms with E-state index in [1.54, 1.807) is 0 Å². The number of hydrazine groups is 1. The minimum Gasteiger partial charge on any atom is -0.464 e. The Morgan fingerprint density at radius 2 is 2.07 bits per heavy atom. The van der Waals surface area contributed by atoms with Crippen LogP contribution >= 0.6 is 0 Å². The molecule has 0 aromatic heterocycles. The second-order valence-electron chi connectivity index (χ2n) is 3.33. The minimum absolute atomic E-state index is 0.219. The maximum Gasteiger partial charge on any atom is 0.421 e. The van der Waals surface area contributed by atoms with Crippen molar-refractivity contribution in [2.75, 3.05) is 0 Å². The molecule has 1 rings (SSSR count). The smallest absolute Gasteiger partial charge is 0.421 e. The summed E-state index contributed by atoms with van der Waals surface area (Å²) in [6.45, 7) is 4.22. The zero-order valence-corrected chi connectivity index (χ0v) is 8.32. The average Bonchev–Trinajstić information content (AvgIpc) is 2.11. The van der Waals surface area contributed by atoms with Crippen molar-refractivity contribution < 1.29 is 9.90 Å². The van der Waals surface area contributed by atoms with Crippen LogP contribution in [0.1, 0.15) is 16.7 Å². The van der Waals surface area contributed by atoms with Crippen LogP contribution < -0.4 is 5.84 Å². The Hall–Kier alpha value is -1.55. The number of nitrogens with two attached hydrogens (primary N) is 1. The molecule has 1 amide bonds. The van der Waals surface area contributed by atoms with Crippen molar-refractivity contribution in [2.24, 2.45) is 5.84 Å². The Balaban J connectivity index is 2.78. The molecule has 4 nitrogen and oxygen atoms in total. The van der Waals surface area contributed by atoms with E-state index in [4.69, 9.17) is 10.9 Å². The minimum atomic E-state index is -1.12. The van der Waals surface area contributed by atoms with Crippen LogP contribution in [0.3, 0.4) is 0 Å². The second-order valence-corrected chi connectivity index (χ2v) is 3.33. The maximum absolute atomic E-state index is 10.5. The van der Waals surface area contributed by atoms with Crippen molar-refractivity contribution in [1.82, 2.24) is 5.01 Å². The molecule has 0 unspecified atom stereocenters. The van der Waals surface area contributed by atoms with Crippen molar-refractivity contribution in [1.29, 1.82) is 0 Å². The summed E-state index contributed by atoms with van der Waals surface area (Å²) in [5.41, 5.74) is 3.23. The molecule has 14 heavy (non-hydrogen) atoms. The third-order valence-corrected chi connectivity index (χ3v) is 2.17. The first-order valence-corrected chi connectivity index (χ1v) is 4.32. The van der Waals surface area contributed by atoms with Gasteiger partial charge in [0.25, 0.3) is 0 Å². The number of hydrogen-bond acceptors (Lipinski definition) is 2. The molecule has 1 aromatic rings. The van der Waals surface area contributed by atoms with E-state index >= 15 is 0 Å². The highest BCUT2D eigenvalue weighted by molar-refractivity contribution is 5.64. The fourth-order valence-electron chi connectivity index (χ4n) is 1.17. The standard InChI is InChI=1S/C10H14N2O2/c1-7-3-4-9(5-8(7)2)6-12(11)10(13)14/h3-5H,6,11H2,1-2H3,(H,13,14). The molecule has 0 spiro atoms. The number of benzene rings is 1. The maximum atomic E-state index is 10.5. The number of carbonyl (C=O) groups is 1. The van der Waals surface area contributed by atoms with Crippen LogP contribution in [-0.2, 0) is 6.54 Å². The number of rotatable bonds is 2. The lowest BCUT2D eigenvalue weighted by Crippen LogP contribution is -2.35. The van der Waals surface area contributed by atoms with E-state index < -0.39 is 6.09 Å². The summed E-state index contributed by atoms with van der Waals surface area (Å²) in [5, 5.41) is 9.34. The summed E-state index contributed by atoms with van der Waals surface area (Å²) >= 11 is 0. The van der Waals surface area contributed by atoms with E-state index in [0.717, 1.165) is 16.1 Å². The van der Waals surface area contributed by atoms with Crippen molar-refractivity contribution in [3.05, 3.63) is 34.9 Å². The summed E-state index contributed by atoms with van der Waals surface area (Å²) < 4.78 is 0. The molecule has 3 N–H and O–H groups in total. The molecule has 1 aromatic carbocycles. The third-order valence-electron chi connectivity index (χ3n) is 2.17. The number of amides is 1. The first kappa shape index (κ1) is 10.5. The monoisotopic (exact) mass is 194 g/mol. The van der Waals surface area contributed by atoms with Gasteiger partial charge in [-0.1, -0.05) is 18.2 Å². The quantitative estimate of drug-likeness (QED) is 0.427. The van der Waals surface area contributed by atoms with Crippen molar-refractivity contribution in [2.45, 2.75) is 20.4 Å². The molecule has 76 valence electrons. The first-order valence-electron chi connectivity index (χ1n) is 4.32. The highest BCUT2D eigenvalue weighted by atomic mass is 16.4. The van der Waals surface area contributed by atoms with Gasteiger partial charge in [0.2, 0.25) is 0 Å². The number of hydrogen-bond donors (Lipinski definition) is 2. The van der Waals surface area contributed by atoms with Crippen molar-refractivity contribution in [3.8, 4) is 0 Å². The number of nitrogens with zero attached hydrogens (tertiary/aromatic N) is 1. The molecule has 0 radical (unpaired) electrons. The molecule has 0 aliphatic carbocycles. The van der Waals surface area contributed by atoms with Crippen molar-refractivity contribution in [3.63, 3.8) is 0 Å². The molecular formula is C10H14N2O2. The molecule has 0 heterocycles. The molecule has 0 fully saturated rings. The summed E-state index contributed by atoms with van der Waals surface area (Å²) in [4.78, 5) is 10.5. The fourth-order valence-corrected chi connectivity index (χ4v) is 1.17. The van der Waals surface area contributed by atoms with Gasteiger partial charge in [-0.25, -0.2) is 15.6 Å². The zero-order valence-electron chi connectivity index (χ0n) is 8.32. The summed E-state index contributed by atoms with van der Waals surface area (Å²) in [7, 11) is 0. The Morgan fingerprint density at radius 3 is 2.57 bits per heavy atom. The Morgan fingerprint density at radius 1 is 1.43 bits per heavy atom. The Labute approximate surface area is 82.9 Å². The van der Waals surface area contributed by atoms with Crippen LogP contribution in [0.15, 0.2) is 18.2 Å². The van der Waals surface area contributed by atoms with E-state index in [2.05, 4.69) is 0 Å². The Bertz CT molecular complexity index is 350. The molecule has 0 aliphatic rings. The van der Waals surface area contributed by atoms with Crippen molar-refractivity contribution >= 4 is 6.09 Å². The SMILES string of the molecule is Cc1ccc(CN(N)C(=O)O)cc1C. The average molecular weight is 194 g/mol. The molecule has 0 saturated carbocycles. The molecule has 0 saturated heterocycles. The van der Waals surface area contributed by atoms with Gasteiger partial charge < -0.3 is 5.11 Å². The summed E-state index contributed by atoms with van der Waals surface area (Å²) in [6, 6.07) is 5.78. The van der Waals surface area contributed by atoms with E-state index in [1.807, 2.05) is 32.0 Å². The summed E-state index contributed by atoms with van der Waals surface area (Å²) in [5.74, 6) is 5.27. The van der Waals surface area contributed by atoms with Gasteiger partial charge in [0.05, 0.1) is 6.54 Å². The van der Waals surface area contributed by atoms with Gasteiger partial charge in [-0.2, -0.15) is 0 Å². The molecule has 0 aliphatic heterocycles. The lowest BCUT2D eigenvalue weighted by atomic mass is 10.1. The van der Waals surface area contributed by atoms with E-state index in [1.165, 1.54) is 5.56 Å². The molecule has 0 atom stereocenters. The topological polar surface area (TPSA) is 66.6 Å². The fraction of sp³-hybridized carbons (Fsp3) is 0.300. The van der Waals surface area contributed by atoms with Gasteiger partial charge in [-0.05, 0) is 30.5 Å². The normalized spacial score (nSPS) is 9.93. The van der Waals surface area contributed by atoms with Gasteiger partial charge >= 0.3 is 6.09 Å². The highest BCUT2D eigenvalue weighted by Gasteiger charge is 2.06. The van der Waals surface area contributed by atoms with Gasteiger partial charge in [-0.15, -0.1) is 0 Å². The van der Waals surface area contributed by atoms with E-state index in [9.17, 15) is 4.79 Å². The zero-order chi connectivity index (χ0) is 10.7. The van der Waals surface area contributed by atoms with E-state index in [0.29, 0.717) is 0 Å². The van der Waals surface area contributed by atoms with Crippen LogP contribution in [0, 0.1) is 13.8 Å². The largest absolute Gasteiger partial charge is 0.464 e. The van der Waals surface area contributed by atoms with Gasteiger partial charge in [0, 0.05) is 0 Å². The number of carboxylic acid groups (broad SMARTS) is 1. The van der Waals surface area contributed by atoms with Crippen LogP contribution in [0.25, 0.3) is 0 Å². The van der Waals surface area contributed by atoms with Crippen LogP contribution in [0.4, 0.5) is 4.79 Å². The summed E-state index contributed by atoms with van der Waals surface area (Å²) in [6.07, 6.45) is -1.12. The van der Waals surface area contributed by atoms with Gasteiger partial charge in [0.15, 0.2) is 0 Å². The molecule has 0 bridgehead atoms. The van der Waals surface area contributed by atoms with Gasteiger partial charge in [-0.3, -0.25) is 0 Å². The lowest BCUT2D eigenvalue weighted by Gasteiger charge is -2.13. The number of aryl methyl sites for hydroxylation is 2. The van der Waals surface area contributed by atoms with Gasteiger partial charge in [0.1, 0.15) is 0 Å². The predicted octanol–water partition coefficient (Wildman–Crippen LogP) is 1.66. The molecular weight excluding hydrogens is 180 g/mol. The lowest BCUT2D eigenvalue weighted by molar-refractivity contribution is 0.143. The predicted molar refractivity (Wildman–Crippen MR) is 53.7 cm³/mol. The van der Waals surface area contributed by atoms with Crippen LogP contribution in [-0.4, -0.2) is 16.2 Å². The first-order chi connectivity index (χ1) is 6.50. The Kier molecular flexibility index (Phi) is 3.09. The second kappa shape index (κ2) is 4.11. The molecule has 4 heteroatoms. The van der Waals surface area contributed by atoms with Crippen LogP contribution in [0.2, 0.25) is 0 Å². The highest BCUT2D eigenvalue weighted by Crippen LogP contribution is 2.10. The third kappa shape index (κ3) is 2.47. The van der Waals surface area contributed by atoms with Crippen LogP contribution in [0.5, 0.6) is 0 Å².